The summed E-state index contributed by atoms with van der Waals surface area (Å²) >= 11 is 6.46. The Morgan fingerprint density at radius 2 is 1.97 bits per heavy atom. The number of methoxy groups -OCH3 is 2. The molecule has 0 aliphatic carbocycles. The van der Waals surface area contributed by atoms with Gasteiger partial charge < -0.3 is 34.5 Å². The highest BCUT2D eigenvalue weighted by Gasteiger charge is 2.62. The van der Waals surface area contributed by atoms with Crippen molar-refractivity contribution < 1.29 is 38.7 Å². The molecule has 10 nitrogen and oxygen atoms in total. The number of nitrogens with one attached hydrogen (secondary N) is 2. The second kappa shape index (κ2) is 10.9. The van der Waals surface area contributed by atoms with Crippen molar-refractivity contribution in [2.75, 3.05) is 19.5 Å². The number of fused-ring (bicyclic) bond motifs is 5. The molecular weight excluding hydrogens is 516 g/mol. The van der Waals surface area contributed by atoms with Crippen molar-refractivity contribution in [1.82, 2.24) is 5.32 Å². The summed E-state index contributed by atoms with van der Waals surface area (Å²) in [7, 11) is 2.94. The van der Waals surface area contributed by atoms with Crippen LogP contribution in [0.15, 0.2) is 35.9 Å². The molecule has 3 heterocycles. The van der Waals surface area contributed by atoms with Crippen LogP contribution in [0.1, 0.15) is 39.2 Å². The highest BCUT2D eigenvalue weighted by molar-refractivity contribution is 6.35. The number of hydrogen-bond donors (Lipinski definition) is 4. The molecular formula is C27H35ClN2O8. The van der Waals surface area contributed by atoms with Gasteiger partial charge in [-0.05, 0) is 38.0 Å². The van der Waals surface area contributed by atoms with Gasteiger partial charge in [0.2, 0.25) is 5.91 Å². The van der Waals surface area contributed by atoms with Gasteiger partial charge in [-0.1, -0.05) is 42.3 Å². The van der Waals surface area contributed by atoms with Crippen LogP contribution < -0.4 is 15.4 Å². The third-order valence-corrected chi connectivity index (χ3v) is 7.94. The van der Waals surface area contributed by atoms with Gasteiger partial charge in [-0.15, -0.1) is 0 Å². The Morgan fingerprint density at radius 3 is 2.66 bits per heavy atom. The molecule has 0 spiro atoms. The molecule has 2 saturated heterocycles. The summed E-state index contributed by atoms with van der Waals surface area (Å²) < 4.78 is 22.3. The average molecular weight is 551 g/mol. The van der Waals surface area contributed by atoms with E-state index < -0.39 is 53.7 Å². The molecule has 1 aromatic rings. The minimum absolute atomic E-state index is 0.0299. The van der Waals surface area contributed by atoms with E-state index in [0.717, 1.165) is 11.1 Å². The van der Waals surface area contributed by atoms with Gasteiger partial charge in [0.1, 0.15) is 28.6 Å². The number of hydrogen-bond acceptors (Lipinski definition) is 8. The van der Waals surface area contributed by atoms with Crippen LogP contribution >= 0.6 is 11.6 Å². The smallest absolute Gasteiger partial charge is 0.409 e. The highest BCUT2D eigenvalue weighted by atomic mass is 35.5. The van der Waals surface area contributed by atoms with Gasteiger partial charge in [0.05, 0.1) is 31.4 Å². The van der Waals surface area contributed by atoms with Gasteiger partial charge in [-0.2, -0.15) is 0 Å². The lowest BCUT2D eigenvalue weighted by Crippen LogP contribution is -2.63. The van der Waals surface area contributed by atoms with Crippen LogP contribution in [0.3, 0.4) is 0 Å². The Bertz CT molecular complexity index is 1160. The summed E-state index contributed by atoms with van der Waals surface area (Å²) in [4.78, 5) is 25.3. The molecule has 4 rings (SSSR count). The van der Waals surface area contributed by atoms with E-state index in [1.54, 1.807) is 31.2 Å². The average Bonchev–Trinajstić information content (AvgIpc) is 3.54. The number of ether oxygens (including phenoxy) is 4. The Balaban J connectivity index is 1.71. The Kier molecular flexibility index (Phi) is 8.11. The summed E-state index contributed by atoms with van der Waals surface area (Å²) in [6.07, 6.45) is 1.57. The lowest BCUT2D eigenvalue weighted by molar-refractivity contribution is -0.142. The van der Waals surface area contributed by atoms with Crippen LogP contribution in [0.25, 0.3) is 0 Å². The Hall–Kier alpha value is -2.63. The molecule has 4 bridgehead atoms. The predicted molar refractivity (Wildman–Crippen MR) is 140 cm³/mol. The molecule has 0 unspecified atom stereocenters. The summed E-state index contributed by atoms with van der Waals surface area (Å²) in [6, 6.07) is 3.56. The topological polar surface area (TPSA) is 139 Å². The first-order chi connectivity index (χ1) is 17.9. The lowest BCUT2D eigenvalue weighted by Gasteiger charge is -2.42. The summed E-state index contributed by atoms with van der Waals surface area (Å²) in [5.41, 5.74) is -0.590. The van der Waals surface area contributed by atoms with Crippen molar-refractivity contribution in [1.29, 1.82) is 0 Å². The second-order valence-electron chi connectivity index (χ2n) is 10.4. The van der Waals surface area contributed by atoms with E-state index >= 15 is 0 Å². The molecule has 208 valence electrons. The van der Waals surface area contributed by atoms with Crippen molar-refractivity contribution in [2.24, 2.45) is 5.92 Å². The molecule has 4 N–H and O–H groups in total. The first-order valence-corrected chi connectivity index (χ1v) is 12.9. The third-order valence-electron chi connectivity index (χ3n) is 7.55. The van der Waals surface area contributed by atoms with Crippen LogP contribution in [0.5, 0.6) is 5.75 Å². The maximum Gasteiger partial charge on any atom is 0.409 e. The maximum atomic E-state index is 12.9. The molecule has 2 amide bonds. The van der Waals surface area contributed by atoms with Crippen LogP contribution in [-0.2, 0) is 25.4 Å². The fraction of sp³-hybridized carbons (Fsp3) is 0.556. The number of allylic oxidation sites excluding steroid dienone is 3. The SMILES string of the molecule is COc1cc2cc(c1Cl)NC(=O)C[C@H](O)[C@]1(C)O[C@H]1[C@H](C)[C@@H]1C[C@@](O)(NC(=O)O1)[C@H](OC)/C=C\C=C(\C)C2. The number of anilines is 1. The van der Waals surface area contributed by atoms with Crippen LogP contribution in [0.4, 0.5) is 10.5 Å². The van der Waals surface area contributed by atoms with E-state index in [1.165, 1.54) is 14.2 Å². The van der Waals surface area contributed by atoms with Crippen molar-refractivity contribution >= 4 is 29.3 Å². The Morgan fingerprint density at radius 1 is 1.24 bits per heavy atom. The Labute approximate surface area is 226 Å². The first kappa shape index (κ1) is 28.4. The number of aliphatic hydroxyl groups excluding tert-OH is 1. The van der Waals surface area contributed by atoms with E-state index in [0.29, 0.717) is 17.9 Å². The van der Waals surface area contributed by atoms with Gasteiger partial charge in [0, 0.05) is 19.4 Å². The third kappa shape index (κ3) is 5.69. The number of rotatable bonds is 2. The number of epoxide rings is 1. The zero-order valence-electron chi connectivity index (χ0n) is 22.1. The lowest BCUT2D eigenvalue weighted by atomic mass is 9.84. The molecule has 3 aliphatic heterocycles. The molecule has 0 aromatic heterocycles. The number of carbonyl (C=O) groups excluding carboxylic acids is 2. The number of aliphatic hydroxyl groups is 2. The minimum Gasteiger partial charge on any atom is -0.495 e. The molecule has 0 saturated carbocycles. The van der Waals surface area contributed by atoms with Gasteiger partial charge in [-0.25, -0.2) is 4.79 Å². The maximum absolute atomic E-state index is 12.9. The number of benzene rings is 1. The number of carbonyl (C=O) groups is 2. The van der Waals surface area contributed by atoms with Gasteiger partial charge in [0.15, 0.2) is 5.72 Å². The van der Waals surface area contributed by atoms with Crippen LogP contribution in [0.2, 0.25) is 5.02 Å². The van der Waals surface area contributed by atoms with E-state index in [9.17, 15) is 19.8 Å². The predicted octanol–water partition coefficient (Wildman–Crippen LogP) is 3.09. The fourth-order valence-electron chi connectivity index (χ4n) is 5.27. The summed E-state index contributed by atoms with van der Waals surface area (Å²) in [5, 5.41) is 27.9. The number of amides is 2. The van der Waals surface area contributed by atoms with Crippen LogP contribution in [-0.4, -0.2) is 72.2 Å². The van der Waals surface area contributed by atoms with E-state index in [-0.39, 0.29) is 17.9 Å². The second-order valence-corrected chi connectivity index (χ2v) is 10.8. The number of halogens is 1. The normalized spacial score (nSPS) is 38.0. The fourth-order valence-corrected chi connectivity index (χ4v) is 5.50. The zero-order chi connectivity index (χ0) is 27.8. The zero-order valence-corrected chi connectivity index (χ0v) is 22.9. The van der Waals surface area contributed by atoms with Crippen LogP contribution in [0, 0.1) is 5.92 Å². The van der Waals surface area contributed by atoms with E-state index in [4.69, 9.17) is 30.5 Å². The molecule has 0 radical (unpaired) electrons. The van der Waals surface area contributed by atoms with Gasteiger partial charge in [-0.3, -0.25) is 10.1 Å². The summed E-state index contributed by atoms with van der Waals surface area (Å²) in [6.45, 7) is 5.45. The van der Waals surface area contributed by atoms with Crippen molar-refractivity contribution in [2.45, 2.75) is 75.8 Å². The van der Waals surface area contributed by atoms with Crippen molar-refractivity contribution in [3.63, 3.8) is 0 Å². The first-order valence-electron chi connectivity index (χ1n) is 12.5. The minimum atomic E-state index is -1.73. The van der Waals surface area contributed by atoms with Crippen molar-refractivity contribution in [3.05, 3.63) is 46.5 Å². The van der Waals surface area contributed by atoms with Crippen molar-refractivity contribution in [3.8, 4) is 5.75 Å². The summed E-state index contributed by atoms with van der Waals surface area (Å²) in [5.74, 6) is -0.429. The largest absolute Gasteiger partial charge is 0.495 e. The quantitative estimate of drug-likeness (QED) is 0.412. The molecule has 7 atom stereocenters. The molecule has 3 aliphatic rings. The number of alkyl carbamates (subject to hydrolysis) is 1. The molecule has 11 heteroatoms. The highest BCUT2D eigenvalue weighted by Crippen LogP contribution is 2.47. The monoisotopic (exact) mass is 550 g/mol. The van der Waals surface area contributed by atoms with E-state index in [1.807, 2.05) is 19.9 Å². The van der Waals surface area contributed by atoms with E-state index in [2.05, 4.69) is 10.6 Å². The molecule has 1 aromatic carbocycles. The molecule has 38 heavy (non-hydrogen) atoms. The van der Waals surface area contributed by atoms with Gasteiger partial charge >= 0.3 is 6.09 Å². The molecule has 2 fully saturated rings. The van der Waals surface area contributed by atoms with Gasteiger partial charge in [0.25, 0.3) is 0 Å². The standard InChI is InChI=1S/C27H35ClN2O8/c1-14-7-6-8-21(36-5)27(34)13-19(37-25(33)30-27)15(2)24-26(3,38-24)20(31)12-22(32)29-17-10-16(9-14)11-18(35-4)23(17)28/h6-8,10-11,15,19-21,24,31,34H,9,12-13H2,1-5H3,(H,29,32)(H,30,33)/b8-6-,14-7-/t15-,19+,20+,21-,24+,26+,27+/m1/s1.